The van der Waals surface area contributed by atoms with Gasteiger partial charge in [-0.1, -0.05) is 51.1 Å². The minimum Gasteiger partial charge on any atom is -0.486 e. The van der Waals surface area contributed by atoms with Crippen molar-refractivity contribution in [2.45, 2.75) is 44.2 Å². The van der Waals surface area contributed by atoms with Gasteiger partial charge in [0.1, 0.15) is 23.1 Å². The number of sulfone groups is 1. The molecular formula is C27H38N2O8S2. The van der Waals surface area contributed by atoms with E-state index in [9.17, 15) is 26.7 Å². The van der Waals surface area contributed by atoms with E-state index in [1.54, 1.807) is 6.07 Å². The van der Waals surface area contributed by atoms with E-state index in [1.165, 1.54) is 23.4 Å². The molecule has 0 aliphatic carbocycles. The molecule has 0 bridgehead atoms. The molecule has 3 rings (SSSR count). The van der Waals surface area contributed by atoms with Gasteiger partial charge in [-0.2, -0.15) is 4.31 Å². The number of amides is 1. The van der Waals surface area contributed by atoms with Gasteiger partial charge in [0.25, 0.3) is 0 Å². The Morgan fingerprint density at radius 1 is 0.974 bits per heavy atom. The fourth-order valence-electron chi connectivity index (χ4n) is 4.35. The molecule has 216 valence electrons. The van der Waals surface area contributed by atoms with Gasteiger partial charge in [0, 0.05) is 31.3 Å². The molecule has 0 saturated carbocycles. The number of rotatable bonds is 13. The summed E-state index contributed by atoms with van der Waals surface area (Å²) in [5.41, 5.74) is 0.822. The zero-order valence-electron chi connectivity index (χ0n) is 22.7. The Labute approximate surface area is 231 Å². The molecule has 3 atom stereocenters. The molecule has 0 aromatic heterocycles. The highest BCUT2D eigenvalue weighted by atomic mass is 32.2. The number of hydrogen-bond donors (Lipinski definition) is 2. The second kappa shape index (κ2) is 13.1. The van der Waals surface area contributed by atoms with Crippen LogP contribution < -0.4 is 14.8 Å². The Balaban J connectivity index is 1.87. The zero-order valence-corrected chi connectivity index (χ0v) is 24.4. The number of nitrogens with one attached hydrogen (secondary N) is 1. The number of carbonyl (C=O) groups excluding carboxylic acids is 1. The van der Waals surface area contributed by atoms with Crippen LogP contribution in [-0.4, -0.2) is 82.6 Å². The van der Waals surface area contributed by atoms with Crippen LogP contribution in [0.2, 0.25) is 0 Å². The van der Waals surface area contributed by atoms with Crippen molar-refractivity contribution in [3.8, 4) is 11.5 Å². The predicted octanol–water partition coefficient (Wildman–Crippen LogP) is 1.87. The SMILES string of the molecule is CC(C)CN(C[C@@H](O)[C@H](Cc1ccccc1)NC(=O)[C@H](C)CS(C)(=O)=O)S(=O)(=O)c1ccc2c(c1)OCCO2. The Kier molecular flexibility index (Phi) is 10.4. The van der Waals surface area contributed by atoms with Gasteiger partial charge >= 0.3 is 0 Å². The number of nitrogens with zero attached hydrogens (tertiary/aromatic N) is 1. The highest BCUT2D eigenvalue weighted by molar-refractivity contribution is 7.90. The van der Waals surface area contributed by atoms with Crippen molar-refractivity contribution in [3.05, 3.63) is 54.1 Å². The maximum Gasteiger partial charge on any atom is 0.243 e. The van der Waals surface area contributed by atoms with Gasteiger partial charge in [0.2, 0.25) is 15.9 Å². The van der Waals surface area contributed by atoms with Gasteiger partial charge in [0.05, 0.1) is 22.8 Å². The lowest BCUT2D eigenvalue weighted by Gasteiger charge is -2.31. The molecule has 0 saturated heterocycles. The highest BCUT2D eigenvalue weighted by Gasteiger charge is 2.33. The third-order valence-corrected chi connectivity index (χ3v) is 9.13. The summed E-state index contributed by atoms with van der Waals surface area (Å²) < 4.78 is 63.2. The van der Waals surface area contributed by atoms with Crippen molar-refractivity contribution in [2.75, 3.05) is 38.3 Å². The normalized spacial score (nSPS) is 16.1. The minimum absolute atomic E-state index is 0.00465. The largest absolute Gasteiger partial charge is 0.486 e. The van der Waals surface area contributed by atoms with Crippen LogP contribution in [0, 0.1) is 11.8 Å². The number of ether oxygens (including phenoxy) is 2. The first-order valence-corrected chi connectivity index (χ1v) is 16.4. The van der Waals surface area contributed by atoms with Crippen molar-refractivity contribution >= 4 is 25.8 Å². The lowest BCUT2D eigenvalue weighted by molar-refractivity contribution is -0.125. The van der Waals surface area contributed by atoms with Crippen molar-refractivity contribution < 1.29 is 36.2 Å². The molecule has 0 fully saturated rings. The van der Waals surface area contributed by atoms with Crippen LogP contribution in [0.5, 0.6) is 11.5 Å². The van der Waals surface area contributed by atoms with Gasteiger partial charge in [-0.25, -0.2) is 16.8 Å². The highest BCUT2D eigenvalue weighted by Crippen LogP contribution is 2.33. The molecule has 1 aliphatic rings. The van der Waals surface area contributed by atoms with Gasteiger partial charge in [-0.05, 0) is 30.0 Å². The summed E-state index contributed by atoms with van der Waals surface area (Å²) in [5, 5.41) is 14.1. The van der Waals surface area contributed by atoms with Crippen LogP contribution in [-0.2, 0) is 31.1 Å². The number of hydrogen-bond acceptors (Lipinski definition) is 8. The summed E-state index contributed by atoms with van der Waals surface area (Å²) in [5.74, 6) is -0.985. The zero-order chi connectivity index (χ0) is 28.8. The summed E-state index contributed by atoms with van der Waals surface area (Å²) in [4.78, 5) is 12.9. The molecule has 2 aromatic carbocycles. The summed E-state index contributed by atoms with van der Waals surface area (Å²) in [6.45, 7) is 5.77. The van der Waals surface area contributed by atoms with Gasteiger partial charge < -0.3 is 19.9 Å². The number of benzene rings is 2. The quantitative estimate of drug-likeness (QED) is 0.365. The number of fused-ring (bicyclic) bond motifs is 1. The first-order valence-electron chi connectivity index (χ1n) is 12.9. The molecular weight excluding hydrogens is 544 g/mol. The average molecular weight is 583 g/mol. The lowest BCUT2D eigenvalue weighted by Crippen LogP contribution is -2.52. The Morgan fingerprint density at radius 3 is 2.23 bits per heavy atom. The molecule has 39 heavy (non-hydrogen) atoms. The Morgan fingerprint density at radius 2 is 1.62 bits per heavy atom. The number of aliphatic hydroxyl groups excluding tert-OH is 1. The van der Waals surface area contributed by atoms with E-state index in [0.29, 0.717) is 24.7 Å². The van der Waals surface area contributed by atoms with E-state index < -0.39 is 43.8 Å². The monoisotopic (exact) mass is 582 g/mol. The predicted molar refractivity (Wildman–Crippen MR) is 148 cm³/mol. The van der Waals surface area contributed by atoms with E-state index >= 15 is 0 Å². The van der Waals surface area contributed by atoms with Crippen molar-refractivity contribution in [3.63, 3.8) is 0 Å². The van der Waals surface area contributed by atoms with Crippen LogP contribution >= 0.6 is 0 Å². The van der Waals surface area contributed by atoms with Crippen LogP contribution in [0.1, 0.15) is 26.3 Å². The molecule has 1 aliphatic heterocycles. The van der Waals surface area contributed by atoms with E-state index in [-0.39, 0.29) is 36.1 Å². The second-order valence-electron chi connectivity index (χ2n) is 10.4. The van der Waals surface area contributed by atoms with Gasteiger partial charge in [-0.3, -0.25) is 4.79 Å². The third-order valence-electron chi connectivity index (χ3n) is 6.20. The van der Waals surface area contributed by atoms with E-state index in [0.717, 1.165) is 11.8 Å². The maximum atomic E-state index is 13.7. The summed E-state index contributed by atoms with van der Waals surface area (Å²) in [6, 6.07) is 12.7. The van der Waals surface area contributed by atoms with Crippen molar-refractivity contribution in [2.24, 2.45) is 11.8 Å². The first kappa shape index (κ1) is 30.9. The van der Waals surface area contributed by atoms with Gasteiger partial charge in [-0.15, -0.1) is 0 Å². The van der Waals surface area contributed by atoms with Crippen LogP contribution in [0.4, 0.5) is 0 Å². The number of aliphatic hydroxyl groups is 1. The first-order chi connectivity index (χ1) is 18.3. The maximum absolute atomic E-state index is 13.7. The standard InChI is InChI=1S/C27H38N2O8S2/c1-19(2)16-29(39(34,35)22-10-11-25-26(15-22)37-13-12-36-25)17-24(30)23(14-21-8-6-5-7-9-21)28-27(31)20(3)18-38(4,32)33/h5-11,15,19-20,23-24,30H,12-14,16-18H2,1-4H3,(H,28,31)/t20-,23+,24-/m1/s1. The fourth-order valence-corrected chi connectivity index (χ4v) is 7.05. The topological polar surface area (TPSA) is 139 Å². The molecule has 1 heterocycles. The van der Waals surface area contributed by atoms with E-state index in [1.807, 2.05) is 44.2 Å². The summed E-state index contributed by atoms with van der Waals surface area (Å²) in [6.07, 6.45) is -0.0104. The molecule has 0 spiro atoms. The molecule has 1 amide bonds. The molecule has 0 unspecified atom stereocenters. The van der Waals surface area contributed by atoms with Crippen LogP contribution in [0.3, 0.4) is 0 Å². The molecule has 10 nitrogen and oxygen atoms in total. The van der Waals surface area contributed by atoms with Gasteiger partial charge in [0.15, 0.2) is 11.5 Å². The minimum atomic E-state index is -4.05. The molecule has 2 N–H and O–H groups in total. The van der Waals surface area contributed by atoms with Crippen molar-refractivity contribution in [1.82, 2.24) is 9.62 Å². The summed E-state index contributed by atoms with van der Waals surface area (Å²) >= 11 is 0. The molecule has 12 heteroatoms. The van der Waals surface area contributed by atoms with Crippen LogP contribution in [0.15, 0.2) is 53.4 Å². The lowest BCUT2D eigenvalue weighted by atomic mass is 10.00. The molecule has 0 radical (unpaired) electrons. The van der Waals surface area contributed by atoms with E-state index in [4.69, 9.17) is 9.47 Å². The molecule has 2 aromatic rings. The third kappa shape index (κ3) is 8.92. The fraction of sp³-hybridized carbons (Fsp3) is 0.519. The number of sulfonamides is 1. The number of carbonyl (C=O) groups is 1. The summed E-state index contributed by atoms with van der Waals surface area (Å²) in [7, 11) is -7.46. The Bertz CT molecular complexity index is 1330. The van der Waals surface area contributed by atoms with Crippen LogP contribution in [0.25, 0.3) is 0 Å². The Hall–Kier alpha value is -2.67. The smallest absolute Gasteiger partial charge is 0.243 e. The average Bonchev–Trinajstić information content (AvgIpc) is 2.86. The second-order valence-corrected chi connectivity index (χ2v) is 14.5. The van der Waals surface area contributed by atoms with Crippen molar-refractivity contribution in [1.29, 1.82) is 0 Å². The van der Waals surface area contributed by atoms with E-state index in [2.05, 4.69) is 5.32 Å².